The van der Waals surface area contributed by atoms with E-state index in [1.54, 1.807) is 0 Å². The van der Waals surface area contributed by atoms with Gasteiger partial charge in [-0.15, -0.1) is 0 Å². The summed E-state index contributed by atoms with van der Waals surface area (Å²) < 4.78 is 22.3. The van der Waals surface area contributed by atoms with Gasteiger partial charge in [-0.2, -0.15) is 5.26 Å². The highest BCUT2D eigenvalue weighted by Crippen LogP contribution is 2.30. The minimum Gasteiger partial charge on any atom is -0.229 e. The van der Waals surface area contributed by atoms with E-state index in [1.165, 1.54) is 0 Å². The monoisotopic (exact) mass is 201 g/mol. The number of nitriles is 1. The lowest BCUT2D eigenvalue weighted by Gasteiger charge is -2.18. The first-order valence-electron chi connectivity index (χ1n) is 4.56. The van der Waals surface area contributed by atoms with Crippen LogP contribution >= 0.6 is 0 Å². The van der Waals surface area contributed by atoms with Gasteiger partial charge in [0, 0.05) is 0 Å². The molecule has 1 rings (SSSR count). The molecule has 4 heteroatoms. The van der Waals surface area contributed by atoms with Crippen LogP contribution in [0.1, 0.15) is 20.3 Å². The van der Waals surface area contributed by atoms with Crippen molar-refractivity contribution in [2.75, 3.05) is 11.5 Å². The van der Waals surface area contributed by atoms with Crippen LogP contribution in [0.4, 0.5) is 0 Å². The maximum absolute atomic E-state index is 11.2. The fourth-order valence-electron chi connectivity index (χ4n) is 1.91. The number of sulfone groups is 1. The highest BCUT2D eigenvalue weighted by molar-refractivity contribution is 7.91. The van der Waals surface area contributed by atoms with Crippen molar-refractivity contribution < 1.29 is 8.42 Å². The lowest BCUT2D eigenvalue weighted by molar-refractivity contribution is 0.348. The van der Waals surface area contributed by atoms with Gasteiger partial charge >= 0.3 is 0 Å². The van der Waals surface area contributed by atoms with E-state index in [2.05, 4.69) is 6.07 Å². The largest absolute Gasteiger partial charge is 0.229 e. The maximum Gasteiger partial charge on any atom is 0.150 e. The molecule has 0 aromatic carbocycles. The summed E-state index contributed by atoms with van der Waals surface area (Å²) in [6, 6.07) is 2.22. The topological polar surface area (TPSA) is 57.9 Å². The van der Waals surface area contributed by atoms with Crippen LogP contribution in [0.15, 0.2) is 0 Å². The molecular weight excluding hydrogens is 186 g/mol. The minimum absolute atomic E-state index is 0.0648. The Morgan fingerprint density at radius 3 is 2.38 bits per heavy atom. The first-order valence-corrected chi connectivity index (χ1v) is 6.38. The number of nitrogens with zero attached hydrogens (tertiary/aromatic N) is 1. The van der Waals surface area contributed by atoms with Crippen molar-refractivity contribution in [3.05, 3.63) is 0 Å². The fourth-order valence-corrected chi connectivity index (χ4v) is 3.76. The molecule has 0 bridgehead atoms. The molecule has 0 radical (unpaired) electrons. The van der Waals surface area contributed by atoms with Crippen LogP contribution in [0.5, 0.6) is 0 Å². The van der Waals surface area contributed by atoms with Gasteiger partial charge in [0.15, 0.2) is 9.84 Å². The van der Waals surface area contributed by atoms with Crippen molar-refractivity contribution >= 4 is 9.84 Å². The number of hydrogen-bond acceptors (Lipinski definition) is 3. The van der Waals surface area contributed by atoms with Gasteiger partial charge in [-0.25, -0.2) is 8.42 Å². The first-order chi connectivity index (χ1) is 5.96. The minimum atomic E-state index is -2.84. The standard InChI is InChI=1S/C9H15NO2S/c1-7(2)9(5-10)8-3-4-13(11,12)6-8/h7-9H,3-4,6H2,1-2H3. The average Bonchev–Trinajstić information content (AvgIpc) is 2.31. The summed E-state index contributed by atoms with van der Waals surface area (Å²) in [5.74, 6) is 0.696. The predicted molar refractivity (Wildman–Crippen MR) is 50.7 cm³/mol. The molecule has 0 aromatic heterocycles. The number of hydrogen-bond donors (Lipinski definition) is 0. The Labute approximate surface area is 79.7 Å². The van der Waals surface area contributed by atoms with Crippen molar-refractivity contribution in [2.24, 2.45) is 17.8 Å². The molecule has 1 saturated heterocycles. The lowest BCUT2D eigenvalue weighted by atomic mass is 9.84. The van der Waals surface area contributed by atoms with Crippen LogP contribution in [0, 0.1) is 29.1 Å². The van der Waals surface area contributed by atoms with Crippen LogP contribution < -0.4 is 0 Å². The molecule has 0 spiro atoms. The zero-order valence-electron chi connectivity index (χ0n) is 8.03. The highest BCUT2D eigenvalue weighted by Gasteiger charge is 2.34. The Hall–Kier alpha value is -0.560. The summed E-state index contributed by atoms with van der Waals surface area (Å²) in [6.45, 7) is 3.94. The smallest absolute Gasteiger partial charge is 0.150 e. The molecule has 0 saturated carbocycles. The second kappa shape index (κ2) is 3.67. The second-order valence-corrected chi connectivity index (χ2v) is 6.29. The van der Waals surface area contributed by atoms with E-state index in [1.807, 2.05) is 13.8 Å². The van der Waals surface area contributed by atoms with Gasteiger partial charge in [-0.05, 0) is 18.3 Å². The van der Waals surface area contributed by atoms with E-state index in [4.69, 9.17) is 5.26 Å². The molecule has 0 aliphatic carbocycles. The molecule has 0 N–H and O–H groups in total. The first kappa shape index (κ1) is 10.5. The van der Waals surface area contributed by atoms with Gasteiger partial charge < -0.3 is 0 Å². The van der Waals surface area contributed by atoms with Crippen molar-refractivity contribution in [3.63, 3.8) is 0 Å². The molecule has 1 aliphatic heterocycles. The predicted octanol–water partition coefficient (Wildman–Crippen LogP) is 1.22. The molecule has 2 atom stereocenters. The van der Waals surface area contributed by atoms with Crippen molar-refractivity contribution in [2.45, 2.75) is 20.3 Å². The molecule has 2 unspecified atom stereocenters. The second-order valence-electron chi connectivity index (χ2n) is 4.06. The van der Waals surface area contributed by atoms with Gasteiger partial charge in [-0.1, -0.05) is 13.8 Å². The Morgan fingerprint density at radius 2 is 2.08 bits per heavy atom. The summed E-state index contributed by atoms with van der Waals surface area (Å²) in [5.41, 5.74) is 0. The van der Waals surface area contributed by atoms with E-state index in [0.717, 1.165) is 0 Å². The van der Waals surface area contributed by atoms with Gasteiger partial charge in [0.05, 0.1) is 23.5 Å². The SMILES string of the molecule is CC(C)C(C#N)C1CCS(=O)(=O)C1. The number of rotatable bonds is 2. The van der Waals surface area contributed by atoms with E-state index in [-0.39, 0.29) is 29.3 Å². The molecule has 1 heterocycles. The third kappa shape index (κ3) is 2.44. The highest BCUT2D eigenvalue weighted by atomic mass is 32.2. The zero-order chi connectivity index (χ0) is 10.1. The van der Waals surface area contributed by atoms with Gasteiger partial charge in [0.25, 0.3) is 0 Å². The van der Waals surface area contributed by atoms with Gasteiger partial charge in [-0.3, -0.25) is 0 Å². The van der Waals surface area contributed by atoms with E-state index >= 15 is 0 Å². The van der Waals surface area contributed by atoms with Crippen LogP contribution in [0.25, 0.3) is 0 Å². The van der Waals surface area contributed by atoms with Crippen LogP contribution in [-0.2, 0) is 9.84 Å². The van der Waals surface area contributed by atoms with Crippen molar-refractivity contribution in [1.29, 1.82) is 5.26 Å². The van der Waals surface area contributed by atoms with Crippen molar-refractivity contribution in [3.8, 4) is 6.07 Å². The van der Waals surface area contributed by atoms with Crippen LogP contribution in [0.2, 0.25) is 0 Å². The summed E-state index contributed by atoms with van der Waals surface area (Å²) in [7, 11) is -2.84. The van der Waals surface area contributed by atoms with Crippen LogP contribution in [-0.4, -0.2) is 19.9 Å². The normalized spacial score (nSPS) is 28.6. The zero-order valence-corrected chi connectivity index (χ0v) is 8.84. The molecule has 13 heavy (non-hydrogen) atoms. The molecule has 1 fully saturated rings. The summed E-state index contributed by atoms with van der Waals surface area (Å²) in [6.07, 6.45) is 0.665. The van der Waals surface area contributed by atoms with E-state index in [0.29, 0.717) is 6.42 Å². The maximum atomic E-state index is 11.2. The molecule has 74 valence electrons. The molecular formula is C9H15NO2S. The summed E-state index contributed by atoms with van der Waals surface area (Å²) in [4.78, 5) is 0. The Morgan fingerprint density at radius 1 is 1.46 bits per heavy atom. The third-order valence-electron chi connectivity index (χ3n) is 2.64. The Bertz CT molecular complexity index is 313. The molecule has 0 aromatic rings. The Kier molecular flexibility index (Phi) is 2.97. The third-order valence-corrected chi connectivity index (χ3v) is 4.44. The van der Waals surface area contributed by atoms with Gasteiger partial charge in [0.1, 0.15) is 0 Å². The summed E-state index contributed by atoms with van der Waals surface area (Å²) >= 11 is 0. The van der Waals surface area contributed by atoms with Gasteiger partial charge in [0.2, 0.25) is 0 Å². The van der Waals surface area contributed by atoms with E-state index in [9.17, 15) is 8.42 Å². The van der Waals surface area contributed by atoms with Crippen molar-refractivity contribution in [1.82, 2.24) is 0 Å². The van der Waals surface area contributed by atoms with Crippen LogP contribution in [0.3, 0.4) is 0 Å². The van der Waals surface area contributed by atoms with E-state index < -0.39 is 9.84 Å². The molecule has 3 nitrogen and oxygen atoms in total. The quantitative estimate of drug-likeness (QED) is 0.675. The fraction of sp³-hybridized carbons (Fsp3) is 0.889. The molecule has 0 amide bonds. The average molecular weight is 201 g/mol. The summed E-state index contributed by atoms with van der Waals surface area (Å²) in [5, 5.41) is 8.88. The molecule has 1 aliphatic rings. The Balaban J connectivity index is 2.71. The lowest BCUT2D eigenvalue weighted by Crippen LogP contribution is -2.19.